The molecule has 1 amide bonds. The smallest absolute Gasteiger partial charge is 0.272 e. The number of hydrogen-bond acceptors (Lipinski definition) is 5. The van der Waals surface area contributed by atoms with Crippen molar-refractivity contribution in [2.45, 2.75) is 31.4 Å². The highest BCUT2D eigenvalue weighted by molar-refractivity contribution is 5.93. The van der Waals surface area contributed by atoms with Crippen molar-refractivity contribution in [1.82, 2.24) is 14.8 Å². The molecule has 1 aromatic heterocycles. The first-order chi connectivity index (χ1) is 11.6. The predicted molar refractivity (Wildman–Crippen MR) is 94.5 cm³/mol. The van der Waals surface area contributed by atoms with Crippen molar-refractivity contribution in [3.8, 4) is 0 Å². The van der Waals surface area contributed by atoms with Crippen molar-refractivity contribution in [2.75, 3.05) is 52.3 Å². The molecule has 2 fully saturated rings. The van der Waals surface area contributed by atoms with Crippen LogP contribution in [0.25, 0.3) is 0 Å². The summed E-state index contributed by atoms with van der Waals surface area (Å²) in [6.07, 6.45) is 5.42. The monoisotopic (exact) mass is 332 g/mol. The van der Waals surface area contributed by atoms with Gasteiger partial charge in [0.25, 0.3) is 5.91 Å². The molecule has 0 aliphatic carbocycles. The third-order valence-electron chi connectivity index (χ3n) is 5.25. The average Bonchev–Trinajstić information content (AvgIpc) is 3.24. The molecule has 0 radical (unpaired) electrons. The first-order valence-electron chi connectivity index (χ1n) is 8.78. The molecular weight excluding hydrogens is 304 g/mol. The molecule has 0 aromatic carbocycles. The molecular formula is C18H28N4O2. The summed E-state index contributed by atoms with van der Waals surface area (Å²) < 4.78 is 5.45. The number of carbonyl (C=O) groups is 1. The molecule has 132 valence electrons. The maximum atomic E-state index is 12.8. The minimum atomic E-state index is -0.00897. The SMILES string of the molecule is CO[C@H]1C[C@@H](CN(C)C(=O)c2cc(N3CCCC3)ccn2)N(C)C1. The second-order valence-corrected chi connectivity index (χ2v) is 6.97. The van der Waals surface area contributed by atoms with E-state index in [2.05, 4.69) is 21.8 Å². The first-order valence-corrected chi connectivity index (χ1v) is 8.78. The Morgan fingerprint density at radius 1 is 1.42 bits per heavy atom. The van der Waals surface area contributed by atoms with Crippen LogP contribution < -0.4 is 4.90 Å². The van der Waals surface area contributed by atoms with Gasteiger partial charge < -0.3 is 14.5 Å². The van der Waals surface area contributed by atoms with Gasteiger partial charge in [-0.2, -0.15) is 0 Å². The normalized spacial score (nSPS) is 24.5. The Hall–Kier alpha value is -1.66. The van der Waals surface area contributed by atoms with Crippen LogP contribution in [0.2, 0.25) is 0 Å². The van der Waals surface area contributed by atoms with Crippen LogP contribution in [-0.4, -0.2) is 80.2 Å². The lowest BCUT2D eigenvalue weighted by molar-refractivity contribution is 0.0754. The van der Waals surface area contributed by atoms with Gasteiger partial charge in [0, 0.05) is 58.3 Å². The maximum Gasteiger partial charge on any atom is 0.272 e. The molecule has 0 saturated carbocycles. The quantitative estimate of drug-likeness (QED) is 0.817. The minimum absolute atomic E-state index is 0.00897. The largest absolute Gasteiger partial charge is 0.380 e. The zero-order valence-electron chi connectivity index (χ0n) is 14.9. The Morgan fingerprint density at radius 3 is 2.83 bits per heavy atom. The Morgan fingerprint density at radius 2 is 2.17 bits per heavy atom. The second-order valence-electron chi connectivity index (χ2n) is 6.97. The molecule has 3 rings (SSSR count). The minimum Gasteiger partial charge on any atom is -0.380 e. The van der Waals surface area contributed by atoms with E-state index in [0.717, 1.165) is 31.7 Å². The number of carbonyl (C=O) groups excluding carboxylic acids is 1. The topological polar surface area (TPSA) is 48.9 Å². The fraction of sp³-hybridized carbons (Fsp3) is 0.667. The molecule has 0 bridgehead atoms. The van der Waals surface area contributed by atoms with E-state index in [-0.39, 0.29) is 12.0 Å². The van der Waals surface area contributed by atoms with E-state index in [4.69, 9.17) is 4.74 Å². The maximum absolute atomic E-state index is 12.8. The number of likely N-dealkylation sites (N-methyl/N-ethyl adjacent to an activating group) is 2. The van der Waals surface area contributed by atoms with Crippen LogP contribution in [0.1, 0.15) is 29.8 Å². The van der Waals surface area contributed by atoms with Crippen LogP contribution >= 0.6 is 0 Å². The van der Waals surface area contributed by atoms with Gasteiger partial charge in [0.15, 0.2) is 0 Å². The van der Waals surface area contributed by atoms with Crippen molar-refractivity contribution in [3.63, 3.8) is 0 Å². The van der Waals surface area contributed by atoms with Crippen LogP contribution in [0, 0.1) is 0 Å². The summed E-state index contributed by atoms with van der Waals surface area (Å²) in [5.41, 5.74) is 1.64. The first kappa shape index (κ1) is 17.2. The van der Waals surface area contributed by atoms with Crippen LogP contribution in [0.3, 0.4) is 0 Å². The fourth-order valence-corrected chi connectivity index (χ4v) is 3.72. The van der Waals surface area contributed by atoms with E-state index < -0.39 is 0 Å². The number of hydrogen-bond donors (Lipinski definition) is 0. The van der Waals surface area contributed by atoms with Crippen LogP contribution in [0.15, 0.2) is 18.3 Å². The average molecular weight is 332 g/mol. The summed E-state index contributed by atoms with van der Waals surface area (Å²) in [5.74, 6) is -0.00897. The van der Waals surface area contributed by atoms with E-state index in [1.54, 1.807) is 18.2 Å². The zero-order chi connectivity index (χ0) is 17.1. The van der Waals surface area contributed by atoms with Gasteiger partial charge in [0.2, 0.25) is 0 Å². The number of nitrogens with zero attached hydrogens (tertiary/aromatic N) is 4. The molecule has 2 aliphatic rings. The molecule has 0 N–H and O–H groups in total. The standard InChI is InChI=1S/C18H28N4O2/c1-20-13-16(24-3)10-15(20)12-21(2)18(23)17-11-14(6-7-19-17)22-8-4-5-9-22/h6-7,11,15-16H,4-5,8-10,12-13H2,1-3H3/t15-,16-/m0/s1. The number of amides is 1. The summed E-state index contributed by atoms with van der Waals surface area (Å²) in [6, 6.07) is 4.27. The van der Waals surface area contributed by atoms with Gasteiger partial charge in [-0.3, -0.25) is 14.7 Å². The molecule has 0 unspecified atom stereocenters. The lowest BCUT2D eigenvalue weighted by Crippen LogP contribution is -2.39. The summed E-state index contributed by atoms with van der Waals surface area (Å²) in [4.78, 5) is 23.4. The Labute approximate surface area is 144 Å². The van der Waals surface area contributed by atoms with Crippen molar-refractivity contribution in [1.29, 1.82) is 0 Å². The highest BCUT2D eigenvalue weighted by Gasteiger charge is 2.31. The van der Waals surface area contributed by atoms with E-state index in [1.165, 1.54) is 12.8 Å². The van der Waals surface area contributed by atoms with Gasteiger partial charge in [-0.15, -0.1) is 0 Å². The number of ether oxygens (including phenoxy) is 1. The molecule has 2 saturated heterocycles. The lowest BCUT2D eigenvalue weighted by Gasteiger charge is -2.25. The van der Waals surface area contributed by atoms with Gasteiger partial charge >= 0.3 is 0 Å². The second kappa shape index (κ2) is 7.49. The van der Waals surface area contributed by atoms with E-state index in [0.29, 0.717) is 18.3 Å². The fourth-order valence-electron chi connectivity index (χ4n) is 3.72. The number of anilines is 1. The van der Waals surface area contributed by atoms with Crippen molar-refractivity contribution < 1.29 is 9.53 Å². The van der Waals surface area contributed by atoms with Gasteiger partial charge in [0.1, 0.15) is 5.69 Å². The number of aromatic nitrogens is 1. The molecule has 0 spiro atoms. The van der Waals surface area contributed by atoms with Crippen molar-refractivity contribution in [3.05, 3.63) is 24.0 Å². The molecule has 3 heterocycles. The van der Waals surface area contributed by atoms with E-state index >= 15 is 0 Å². The van der Waals surface area contributed by atoms with Crippen LogP contribution in [0.4, 0.5) is 5.69 Å². The van der Waals surface area contributed by atoms with Gasteiger partial charge in [-0.1, -0.05) is 0 Å². The molecule has 24 heavy (non-hydrogen) atoms. The van der Waals surface area contributed by atoms with Crippen molar-refractivity contribution in [2.24, 2.45) is 0 Å². The van der Waals surface area contributed by atoms with Crippen LogP contribution in [0.5, 0.6) is 0 Å². The molecule has 6 nitrogen and oxygen atoms in total. The molecule has 2 aliphatic heterocycles. The van der Waals surface area contributed by atoms with E-state index in [9.17, 15) is 4.79 Å². The highest BCUT2D eigenvalue weighted by atomic mass is 16.5. The zero-order valence-corrected chi connectivity index (χ0v) is 14.9. The summed E-state index contributed by atoms with van der Waals surface area (Å²) in [6.45, 7) is 3.76. The molecule has 1 aromatic rings. The molecule has 6 heteroatoms. The Balaban J connectivity index is 1.64. The van der Waals surface area contributed by atoms with Crippen molar-refractivity contribution >= 4 is 11.6 Å². The van der Waals surface area contributed by atoms with Crippen LogP contribution in [-0.2, 0) is 4.74 Å². The van der Waals surface area contributed by atoms with Gasteiger partial charge in [-0.05, 0) is 38.4 Å². The number of pyridine rings is 1. The van der Waals surface area contributed by atoms with Gasteiger partial charge in [0.05, 0.1) is 6.10 Å². The third-order valence-corrected chi connectivity index (χ3v) is 5.25. The lowest BCUT2D eigenvalue weighted by atomic mass is 10.2. The van der Waals surface area contributed by atoms with E-state index in [1.807, 2.05) is 19.2 Å². The number of rotatable bonds is 5. The molecule has 2 atom stereocenters. The Kier molecular flexibility index (Phi) is 5.36. The number of methoxy groups -OCH3 is 1. The number of likely N-dealkylation sites (tertiary alicyclic amines) is 1. The highest BCUT2D eigenvalue weighted by Crippen LogP contribution is 2.22. The Bertz CT molecular complexity index is 574. The summed E-state index contributed by atoms with van der Waals surface area (Å²) >= 11 is 0. The predicted octanol–water partition coefficient (Wildman–Crippen LogP) is 1.47. The van der Waals surface area contributed by atoms with Gasteiger partial charge in [-0.25, -0.2) is 0 Å². The summed E-state index contributed by atoms with van der Waals surface area (Å²) in [7, 11) is 5.71. The summed E-state index contributed by atoms with van der Waals surface area (Å²) in [5, 5.41) is 0. The third kappa shape index (κ3) is 3.70.